The average molecular weight is 251 g/mol. The SMILES string of the molecule is O=C([O-])CCCCc1cc2c(s1)CCCCC2. The standard InChI is InChI=1S/C14H20O2S/c15-14(16)9-5-4-7-12-10-11-6-2-1-3-8-13(11)17-12/h10H,1-9H2,(H,15,16)/p-1. The zero-order valence-electron chi connectivity index (χ0n) is 10.2. The van der Waals surface area contributed by atoms with Crippen LogP contribution in [0.3, 0.4) is 0 Å². The van der Waals surface area contributed by atoms with Gasteiger partial charge in [0.15, 0.2) is 0 Å². The van der Waals surface area contributed by atoms with Gasteiger partial charge in [-0.3, -0.25) is 0 Å². The van der Waals surface area contributed by atoms with Crippen LogP contribution in [0, 0.1) is 0 Å². The van der Waals surface area contributed by atoms with Crippen LogP contribution in [0.25, 0.3) is 0 Å². The van der Waals surface area contributed by atoms with E-state index in [1.165, 1.54) is 37.0 Å². The van der Waals surface area contributed by atoms with Gasteiger partial charge in [0, 0.05) is 15.7 Å². The molecule has 0 amide bonds. The van der Waals surface area contributed by atoms with Crippen molar-refractivity contribution < 1.29 is 9.90 Å². The van der Waals surface area contributed by atoms with Gasteiger partial charge in [0.05, 0.1) is 0 Å². The minimum absolute atomic E-state index is 0.199. The number of hydrogen-bond acceptors (Lipinski definition) is 3. The maximum atomic E-state index is 10.3. The number of unbranched alkanes of at least 4 members (excludes halogenated alkanes) is 1. The van der Waals surface area contributed by atoms with Crippen LogP contribution in [0.1, 0.15) is 53.8 Å². The Kier molecular flexibility index (Phi) is 4.60. The van der Waals surface area contributed by atoms with E-state index in [0.717, 1.165) is 19.3 Å². The molecule has 3 heteroatoms. The number of carbonyl (C=O) groups excluding carboxylic acids is 1. The van der Waals surface area contributed by atoms with Crippen LogP contribution in [-0.2, 0) is 24.1 Å². The van der Waals surface area contributed by atoms with E-state index in [1.807, 2.05) is 11.3 Å². The Morgan fingerprint density at radius 2 is 2.06 bits per heavy atom. The average Bonchev–Trinajstić information content (AvgIpc) is 2.55. The number of thiophene rings is 1. The van der Waals surface area contributed by atoms with Gasteiger partial charge < -0.3 is 9.90 Å². The molecule has 0 atom stereocenters. The molecule has 1 aliphatic carbocycles. The highest BCUT2D eigenvalue weighted by atomic mass is 32.1. The first-order chi connectivity index (χ1) is 8.25. The summed E-state index contributed by atoms with van der Waals surface area (Å²) in [6, 6.07) is 2.35. The van der Waals surface area contributed by atoms with Gasteiger partial charge in [-0.05, 0) is 63.0 Å². The van der Waals surface area contributed by atoms with Crippen molar-refractivity contribution in [2.75, 3.05) is 0 Å². The van der Waals surface area contributed by atoms with Crippen LogP contribution in [-0.4, -0.2) is 5.97 Å². The van der Waals surface area contributed by atoms with Gasteiger partial charge in [-0.2, -0.15) is 0 Å². The predicted molar refractivity (Wildman–Crippen MR) is 68.1 cm³/mol. The largest absolute Gasteiger partial charge is 0.550 e. The third kappa shape index (κ3) is 3.84. The second-order valence-electron chi connectivity index (χ2n) is 4.80. The summed E-state index contributed by atoms with van der Waals surface area (Å²) in [5.41, 5.74) is 1.56. The monoisotopic (exact) mass is 251 g/mol. The quantitative estimate of drug-likeness (QED) is 0.596. The summed E-state index contributed by atoms with van der Waals surface area (Å²) in [4.78, 5) is 13.3. The summed E-state index contributed by atoms with van der Waals surface area (Å²) < 4.78 is 0. The lowest BCUT2D eigenvalue weighted by atomic mass is 10.1. The van der Waals surface area contributed by atoms with Gasteiger partial charge in [-0.25, -0.2) is 0 Å². The zero-order valence-corrected chi connectivity index (χ0v) is 11.0. The van der Waals surface area contributed by atoms with Gasteiger partial charge in [0.1, 0.15) is 0 Å². The van der Waals surface area contributed by atoms with Crippen molar-refractivity contribution >= 4 is 17.3 Å². The Balaban J connectivity index is 1.83. The van der Waals surface area contributed by atoms with Crippen molar-refractivity contribution in [1.29, 1.82) is 0 Å². The lowest BCUT2D eigenvalue weighted by molar-refractivity contribution is -0.305. The van der Waals surface area contributed by atoms with E-state index in [2.05, 4.69) is 6.07 Å². The van der Waals surface area contributed by atoms with Crippen molar-refractivity contribution in [3.05, 3.63) is 21.4 Å². The molecular formula is C14H19O2S-. The molecule has 1 heterocycles. The molecule has 0 unspecified atom stereocenters. The molecule has 1 aromatic heterocycles. The molecule has 1 aliphatic rings. The number of carboxylic acid groups (broad SMARTS) is 1. The Hall–Kier alpha value is -0.830. The first-order valence-corrected chi connectivity index (χ1v) is 7.37. The van der Waals surface area contributed by atoms with Crippen molar-refractivity contribution in [2.24, 2.45) is 0 Å². The number of rotatable bonds is 5. The fraction of sp³-hybridized carbons (Fsp3) is 0.643. The molecule has 0 N–H and O–H groups in total. The summed E-state index contributed by atoms with van der Waals surface area (Å²) in [5, 5.41) is 10.3. The fourth-order valence-electron chi connectivity index (χ4n) is 2.42. The van der Waals surface area contributed by atoms with Crippen molar-refractivity contribution in [1.82, 2.24) is 0 Å². The van der Waals surface area contributed by atoms with Gasteiger partial charge in [-0.15, -0.1) is 11.3 Å². The molecule has 0 saturated carbocycles. The first kappa shape index (κ1) is 12.6. The molecule has 94 valence electrons. The van der Waals surface area contributed by atoms with Crippen LogP contribution in [0.2, 0.25) is 0 Å². The maximum Gasteiger partial charge on any atom is 0.0414 e. The van der Waals surface area contributed by atoms with E-state index in [-0.39, 0.29) is 6.42 Å². The van der Waals surface area contributed by atoms with E-state index in [1.54, 1.807) is 10.4 Å². The molecule has 0 bridgehead atoms. The summed E-state index contributed by atoms with van der Waals surface area (Å²) >= 11 is 1.94. The van der Waals surface area contributed by atoms with E-state index < -0.39 is 5.97 Å². The fourth-order valence-corrected chi connectivity index (χ4v) is 3.72. The van der Waals surface area contributed by atoms with Crippen molar-refractivity contribution in [3.8, 4) is 0 Å². The molecule has 0 fully saturated rings. The third-order valence-corrected chi connectivity index (χ3v) is 4.65. The summed E-state index contributed by atoms with van der Waals surface area (Å²) in [7, 11) is 0. The molecule has 1 aromatic rings. The number of fused-ring (bicyclic) bond motifs is 1. The highest BCUT2D eigenvalue weighted by molar-refractivity contribution is 7.12. The van der Waals surface area contributed by atoms with E-state index in [0.29, 0.717) is 0 Å². The molecule has 0 saturated heterocycles. The molecule has 2 nitrogen and oxygen atoms in total. The Labute approximate surface area is 107 Å². The Morgan fingerprint density at radius 1 is 1.24 bits per heavy atom. The van der Waals surface area contributed by atoms with Crippen LogP contribution in [0.4, 0.5) is 0 Å². The van der Waals surface area contributed by atoms with Crippen LogP contribution in [0.5, 0.6) is 0 Å². The first-order valence-electron chi connectivity index (χ1n) is 6.56. The highest BCUT2D eigenvalue weighted by Crippen LogP contribution is 2.29. The summed E-state index contributed by atoms with van der Waals surface area (Å²) in [6.45, 7) is 0. The molecule has 17 heavy (non-hydrogen) atoms. The van der Waals surface area contributed by atoms with Crippen molar-refractivity contribution in [3.63, 3.8) is 0 Å². The minimum Gasteiger partial charge on any atom is -0.550 e. The second-order valence-corrected chi connectivity index (χ2v) is 6.02. The molecule has 0 aromatic carbocycles. The number of carbonyl (C=O) groups is 1. The van der Waals surface area contributed by atoms with Crippen LogP contribution < -0.4 is 5.11 Å². The molecular weight excluding hydrogens is 232 g/mol. The highest BCUT2D eigenvalue weighted by Gasteiger charge is 2.11. The summed E-state index contributed by atoms with van der Waals surface area (Å²) in [5.74, 6) is -0.924. The van der Waals surface area contributed by atoms with Gasteiger partial charge >= 0.3 is 0 Å². The molecule has 2 rings (SSSR count). The van der Waals surface area contributed by atoms with Gasteiger partial charge in [-0.1, -0.05) is 6.42 Å². The Bertz CT molecular complexity index is 358. The van der Waals surface area contributed by atoms with Gasteiger partial charge in [0.2, 0.25) is 0 Å². The number of aliphatic carboxylic acids is 1. The van der Waals surface area contributed by atoms with Crippen molar-refractivity contribution in [2.45, 2.75) is 57.8 Å². The molecule has 0 aliphatic heterocycles. The summed E-state index contributed by atoms with van der Waals surface area (Å²) in [6.07, 6.45) is 9.45. The molecule has 0 spiro atoms. The van der Waals surface area contributed by atoms with Gasteiger partial charge in [0.25, 0.3) is 0 Å². The lowest BCUT2D eigenvalue weighted by Crippen LogP contribution is -2.21. The lowest BCUT2D eigenvalue weighted by Gasteiger charge is -2.00. The van der Waals surface area contributed by atoms with Crippen LogP contribution in [0.15, 0.2) is 6.07 Å². The maximum absolute atomic E-state index is 10.3. The smallest absolute Gasteiger partial charge is 0.0414 e. The number of hydrogen-bond donors (Lipinski definition) is 0. The Morgan fingerprint density at radius 3 is 2.88 bits per heavy atom. The van der Waals surface area contributed by atoms with E-state index in [9.17, 15) is 9.90 Å². The zero-order chi connectivity index (χ0) is 12.1. The topological polar surface area (TPSA) is 40.1 Å². The van der Waals surface area contributed by atoms with E-state index in [4.69, 9.17) is 0 Å². The minimum atomic E-state index is -0.924. The second kappa shape index (κ2) is 6.20. The molecule has 0 radical (unpaired) electrons. The van der Waals surface area contributed by atoms with E-state index >= 15 is 0 Å². The van der Waals surface area contributed by atoms with Crippen LogP contribution >= 0.6 is 11.3 Å². The predicted octanol–water partition coefficient (Wildman–Crippen LogP) is 2.48. The number of aryl methyl sites for hydroxylation is 3. The number of carboxylic acids is 1. The third-order valence-electron chi connectivity index (χ3n) is 3.35. The normalized spacial score (nSPS) is 15.3.